The fourth-order valence-corrected chi connectivity index (χ4v) is 5.71. The Hall–Kier alpha value is -4.47. The molecule has 3 N–H and O–H groups in total. The third-order valence-corrected chi connectivity index (χ3v) is 8.04. The minimum absolute atomic E-state index is 0.0577. The van der Waals surface area contributed by atoms with Crippen molar-refractivity contribution in [1.29, 1.82) is 0 Å². The third kappa shape index (κ3) is 13.6. The molecule has 0 saturated carbocycles. The molecule has 14 nitrogen and oxygen atoms in total. The summed E-state index contributed by atoms with van der Waals surface area (Å²) in [6.45, 7) is 3.83. The normalized spacial score (nSPS) is 19.5. The number of anilines is 2. The number of carbonyl (C=O) groups excluding carboxylic acids is 6. The van der Waals surface area contributed by atoms with Crippen LogP contribution in [0.1, 0.15) is 49.5 Å². The standard InChI is InChI=1S/C35H43Cl2FN4O10/c1-21(43)49-20-28-32(50-22(2)44)33(51-23(3)45)31(38)35(52-28)41-34(48)25-9-11-26(12-10-25)40-30(47)19-39-29(46)6-4-5-24-7-13-27(14-8-24)42(17-15-36)18-16-37/h7-14,28,31-33,35H,4-6,15-20H2,1-3H3,(H,39,46)(H,40,47)(H,41,48)/t28-,31-,32-,33-,35-/m1/s1. The lowest BCUT2D eigenvalue weighted by Crippen LogP contribution is -2.63. The largest absolute Gasteiger partial charge is 0.463 e. The Bertz CT molecular complexity index is 1530. The average Bonchev–Trinajstić information content (AvgIpc) is 3.09. The zero-order chi connectivity index (χ0) is 38.2. The molecule has 3 amide bonds. The van der Waals surface area contributed by atoms with Crippen LogP contribution in [0.3, 0.4) is 0 Å². The second-order valence-electron chi connectivity index (χ2n) is 11.8. The lowest BCUT2D eigenvalue weighted by atomic mass is 9.98. The van der Waals surface area contributed by atoms with Crippen LogP contribution in [-0.2, 0) is 49.3 Å². The number of amides is 3. The number of nitrogens with one attached hydrogen (secondary N) is 3. The fraction of sp³-hybridized carbons (Fsp3) is 0.486. The van der Waals surface area contributed by atoms with Gasteiger partial charge in [0.2, 0.25) is 11.8 Å². The highest BCUT2D eigenvalue weighted by Gasteiger charge is 2.51. The molecule has 0 aromatic heterocycles. The number of nitrogens with zero attached hydrogens (tertiary/aromatic N) is 1. The van der Waals surface area contributed by atoms with E-state index in [0.29, 0.717) is 43.4 Å². The second kappa shape index (κ2) is 21.2. The lowest BCUT2D eigenvalue weighted by molar-refractivity contribution is -0.238. The van der Waals surface area contributed by atoms with Crippen LogP contribution in [0.25, 0.3) is 0 Å². The zero-order valence-corrected chi connectivity index (χ0v) is 30.5. The van der Waals surface area contributed by atoms with Crippen molar-refractivity contribution in [3.63, 3.8) is 0 Å². The topological polar surface area (TPSA) is 179 Å². The predicted molar refractivity (Wildman–Crippen MR) is 190 cm³/mol. The van der Waals surface area contributed by atoms with Crippen LogP contribution in [0.4, 0.5) is 15.8 Å². The van der Waals surface area contributed by atoms with Gasteiger partial charge in [0, 0.05) is 69.0 Å². The molecule has 0 aliphatic carbocycles. The van der Waals surface area contributed by atoms with E-state index in [4.69, 9.17) is 42.1 Å². The maximum Gasteiger partial charge on any atom is 0.303 e. The van der Waals surface area contributed by atoms with E-state index in [2.05, 4.69) is 20.9 Å². The molecule has 52 heavy (non-hydrogen) atoms. The fourth-order valence-electron chi connectivity index (χ4n) is 5.30. The summed E-state index contributed by atoms with van der Waals surface area (Å²) in [7, 11) is 0. The highest BCUT2D eigenvalue weighted by molar-refractivity contribution is 6.18. The van der Waals surface area contributed by atoms with E-state index in [0.717, 1.165) is 32.0 Å². The van der Waals surface area contributed by atoms with Crippen molar-refractivity contribution < 1.29 is 52.1 Å². The van der Waals surface area contributed by atoms with Gasteiger partial charge in [0.25, 0.3) is 5.91 Å². The first-order valence-corrected chi connectivity index (χ1v) is 17.6. The van der Waals surface area contributed by atoms with Crippen LogP contribution in [0.5, 0.6) is 0 Å². The number of rotatable bonds is 18. The van der Waals surface area contributed by atoms with Gasteiger partial charge in [0.05, 0.1) is 6.54 Å². The number of esters is 3. The number of hydrogen-bond acceptors (Lipinski definition) is 11. The van der Waals surface area contributed by atoms with E-state index in [1.54, 1.807) is 0 Å². The summed E-state index contributed by atoms with van der Waals surface area (Å²) in [4.78, 5) is 74.8. The summed E-state index contributed by atoms with van der Waals surface area (Å²) in [6, 6.07) is 13.6. The molecule has 0 spiro atoms. The molecule has 0 unspecified atom stereocenters. The van der Waals surface area contributed by atoms with E-state index in [-0.39, 0.29) is 24.4 Å². The zero-order valence-electron chi connectivity index (χ0n) is 29.0. The van der Waals surface area contributed by atoms with E-state index >= 15 is 4.39 Å². The Morgan fingerprint density at radius 1 is 0.827 bits per heavy atom. The molecule has 2 aromatic carbocycles. The van der Waals surface area contributed by atoms with Gasteiger partial charge in [0.15, 0.2) is 24.6 Å². The molecule has 3 rings (SSSR count). The molecule has 5 atom stereocenters. The molecule has 0 bridgehead atoms. The molecule has 1 aliphatic heterocycles. The van der Waals surface area contributed by atoms with Gasteiger partial charge in [-0.15, -0.1) is 23.2 Å². The lowest BCUT2D eigenvalue weighted by Gasteiger charge is -2.42. The maximum absolute atomic E-state index is 15.6. The van der Waals surface area contributed by atoms with Crippen molar-refractivity contribution >= 4 is 70.2 Å². The van der Waals surface area contributed by atoms with Crippen LogP contribution in [0, 0.1) is 0 Å². The Balaban J connectivity index is 1.48. The van der Waals surface area contributed by atoms with Gasteiger partial charge in [-0.1, -0.05) is 12.1 Å². The molecular formula is C35H43Cl2FN4O10. The Morgan fingerprint density at radius 2 is 1.44 bits per heavy atom. The Labute approximate surface area is 310 Å². The van der Waals surface area contributed by atoms with Gasteiger partial charge in [-0.05, 0) is 54.8 Å². The van der Waals surface area contributed by atoms with E-state index < -0.39 is 67.0 Å². The molecule has 17 heteroatoms. The van der Waals surface area contributed by atoms with Gasteiger partial charge in [-0.3, -0.25) is 28.8 Å². The smallest absolute Gasteiger partial charge is 0.303 e. The first-order chi connectivity index (χ1) is 24.8. The van der Waals surface area contributed by atoms with E-state index in [1.165, 1.54) is 24.3 Å². The van der Waals surface area contributed by atoms with Crippen LogP contribution in [-0.4, -0.2) is 104 Å². The molecule has 1 fully saturated rings. The summed E-state index contributed by atoms with van der Waals surface area (Å²) in [5.41, 5.74) is 2.48. The number of alkyl halides is 3. The van der Waals surface area contributed by atoms with Gasteiger partial charge in [0.1, 0.15) is 12.7 Å². The first-order valence-electron chi connectivity index (χ1n) is 16.5. The molecule has 284 valence electrons. The van der Waals surface area contributed by atoms with Crippen molar-refractivity contribution in [1.82, 2.24) is 10.6 Å². The number of ether oxygens (including phenoxy) is 4. The minimum Gasteiger partial charge on any atom is -0.463 e. The van der Waals surface area contributed by atoms with Crippen molar-refractivity contribution in [2.45, 2.75) is 70.7 Å². The third-order valence-electron chi connectivity index (χ3n) is 7.70. The highest BCUT2D eigenvalue weighted by Crippen LogP contribution is 2.28. The SMILES string of the molecule is CC(=O)OC[C@H]1O[C@@H](NC(=O)c2ccc(NC(=O)CNC(=O)CCCc3ccc(N(CCCl)CCCl)cc3)cc2)[C@H](F)[C@@H](OC(C)=O)[C@@H]1OC(C)=O. The number of hydrogen-bond donors (Lipinski definition) is 3. The summed E-state index contributed by atoms with van der Waals surface area (Å²) < 4.78 is 36.4. The summed E-state index contributed by atoms with van der Waals surface area (Å²) in [5.74, 6) is -2.99. The molecule has 1 heterocycles. The van der Waals surface area contributed by atoms with Gasteiger partial charge >= 0.3 is 17.9 Å². The quantitative estimate of drug-likeness (QED) is 0.115. The summed E-state index contributed by atoms with van der Waals surface area (Å²) >= 11 is 11.8. The first kappa shape index (κ1) is 41.9. The monoisotopic (exact) mass is 768 g/mol. The average molecular weight is 770 g/mol. The van der Waals surface area contributed by atoms with Crippen molar-refractivity contribution in [2.24, 2.45) is 0 Å². The Morgan fingerprint density at radius 3 is 2.02 bits per heavy atom. The summed E-state index contributed by atoms with van der Waals surface area (Å²) in [5, 5.41) is 7.56. The predicted octanol–water partition coefficient (Wildman–Crippen LogP) is 3.27. The minimum atomic E-state index is -2.18. The van der Waals surface area contributed by atoms with Crippen LogP contribution in [0.15, 0.2) is 48.5 Å². The molecule has 1 aliphatic rings. The molecular weight excluding hydrogens is 726 g/mol. The maximum atomic E-state index is 15.6. The number of carbonyl (C=O) groups is 6. The van der Waals surface area contributed by atoms with Crippen molar-refractivity contribution in [3.05, 3.63) is 59.7 Å². The number of aryl methyl sites for hydroxylation is 1. The van der Waals surface area contributed by atoms with Crippen molar-refractivity contribution in [2.75, 3.05) is 48.2 Å². The van der Waals surface area contributed by atoms with E-state index in [9.17, 15) is 28.8 Å². The van der Waals surface area contributed by atoms with Gasteiger partial charge < -0.3 is 39.8 Å². The van der Waals surface area contributed by atoms with Gasteiger partial charge in [-0.2, -0.15) is 0 Å². The Kier molecular flexibility index (Phi) is 17.1. The van der Waals surface area contributed by atoms with Crippen LogP contribution in [0.2, 0.25) is 0 Å². The number of benzene rings is 2. The molecule has 0 radical (unpaired) electrons. The van der Waals surface area contributed by atoms with Crippen LogP contribution >= 0.6 is 23.2 Å². The van der Waals surface area contributed by atoms with Crippen molar-refractivity contribution in [3.8, 4) is 0 Å². The second-order valence-corrected chi connectivity index (χ2v) is 12.5. The molecule has 1 saturated heterocycles. The van der Waals surface area contributed by atoms with Crippen LogP contribution < -0.4 is 20.9 Å². The number of halogens is 3. The molecule has 2 aromatic rings. The van der Waals surface area contributed by atoms with Gasteiger partial charge in [-0.25, -0.2) is 4.39 Å². The summed E-state index contributed by atoms with van der Waals surface area (Å²) in [6.07, 6.45) is -6.81. The highest BCUT2D eigenvalue weighted by atomic mass is 35.5. The van der Waals surface area contributed by atoms with E-state index in [1.807, 2.05) is 24.3 Å².